The number of carbonyl (C=O) groups excluding carboxylic acids is 1. The minimum Gasteiger partial charge on any atom is -0.497 e. The first-order valence-corrected chi connectivity index (χ1v) is 12.3. The van der Waals surface area contributed by atoms with Gasteiger partial charge >= 0.3 is 0 Å². The molecule has 0 saturated heterocycles. The molecule has 3 aromatic carbocycles. The zero-order valence-electron chi connectivity index (χ0n) is 19.9. The first kappa shape index (κ1) is 22.2. The normalized spacial score (nSPS) is 13.1. The third-order valence-electron chi connectivity index (χ3n) is 6.53. The lowest BCUT2D eigenvalue weighted by atomic mass is 9.97. The van der Waals surface area contributed by atoms with Gasteiger partial charge in [0.05, 0.1) is 17.2 Å². The molecule has 0 radical (unpaired) electrons. The van der Waals surface area contributed by atoms with Crippen LogP contribution in [0.5, 0.6) is 5.75 Å². The summed E-state index contributed by atoms with van der Waals surface area (Å²) in [5, 5.41) is 7.67. The summed E-state index contributed by atoms with van der Waals surface area (Å²) in [4.78, 5) is 30.5. The Kier molecular flexibility index (Phi) is 5.19. The van der Waals surface area contributed by atoms with Gasteiger partial charge < -0.3 is 4.74 Å². The number of methoxy groups -OCH3 is 1. The first-order chi connectivity index (χ1) is 17.4. The summed E-state index contributed by atoms with van der Waals surface area (Å²) >= 11 is 1.30. The van der Waals surface area contributed by atoms with Crippen molar-refractivity contribution in [2.45, 2.75) is 19.8 Å². The summed E-state index contributed by atoms with van der Waals surface area (Å²) in [6, 6.07) is 19.9. The Morgan fingerprint density at radius 1 is 1.08 bits per heavy atom. The van der Waals surface area contributed by atoms with Crippen LogP contribution in [0.25, 0.3) is 32.7 Å². The third kappa shape index (κ3) is 3.58. The zero-order valence-corrected chi connectivity index (χ0v) is 20.7. The molecule has 0 aliphatic carbocycles. The topological polar surface area (TPSA) is 78.5 Å². The van der Waals surface area contributed by atoms with Crippen molar-refractivity contribution >= 4 is 50.0 Å². The maximum atomic E-state index is 13.2. The van der Waals surface area contributed by atoms with E-state index in [4.69, 9.17) is 4.74 Å². The van der Waals surface area contributed by atoms with E-state index in [9.17, 15) is 9.59 Å². The highest BCUT2D eigenvalue weighted by molar-refractivity contribution is 7.15. The summed E-state index contributed by atoms with van der Waals surface area (Å²) in [6.45, 7) is 3.56. The monoisotopic (exact) mass is 494 g/mol. The number of nitrogens with zero attached hydrogens (tertiary/aromatic N) is 4. The van der Waals surface area contributed by atoms with E-state index in [2.05, 4.69) is 28.3 Å². The van der Waals surface area contributed by atoms with Crippen LogP contribution in [-0.4, -0.2) is 32.2 Å². The van der Waals surface area contributed by atoms with Gasteiger partial charge in [-0.05, 0) is 40.6 Å². The predicted molar refractivity (Wildman–Crippen MR) is 142 cm³/mol. The Bertz CT molecular complexity index is 1910. The number of para-hydroxylation sites is 1. The van der Waals surface area contributed by atoms with E-state index in [-0.39, 0.29) is 17.4 Å². The van der Waals surface area contributed by atoms with Gasteiger partial charge in [-0.2, -0.15) is 4.52 Å². The maximum Gasteiger partial charge on any atom is 0.291 e. The maximum absolute atomic E-state index is 13.2. The van der Waals surface area contributed by atoms with Gasteiger partial charge in [0, 0.05) is 30.0 Å². The van der Waals surface area contributed by atoms with Crippen molar-refractivity contribution in [2.24, 2.45) is 0 Å². The fraction of sp³-hybridized carbons (Fsp3) is 0.143. The number of fused-ring (bicyclic) bond motifs is 3. The molecule has 0 fully saturated rings. The fourth-order valence-electron chi connectivity index (χ4n) is 4.54. The van der Waals surface area contributed by atoms with E-state index < -0.39 is 0 Å². The lowest BCUT2D eigenvalue weighted by Crippen LogP contribution is -2.24. The Balaban J connectivity index is 1.39. The van der Waals surface area contributed by atoms with E-state index in [1.165, 1.54) is 22.8 Å². The molecule has 3 heterocycles. The van der Waals surface area contributed by atoms with Gasteiger partial charge in [0.25, 0.3) is 5.56 Å². The highest BCUT2D eigenvalue weighted by Crippen LogP contribution is 2.28. The average molecular weight is 495 g/mol. The second-order valence-electron chi connectivity index (χ2n) is 8.76. The number of hydrogen-bond donors (Lipinski definition) is 0. The largest absolute Gasteiger partial charge is 0.497 e. The highest BCUT2D eigenvalue weighted by Gasteiger charge is 2.18. The molecule has 178 valence electrons. The van der Waals surface area contributed by atoms with Crippen molar-refractivity contribution in [3.05, 3.63) is 98.7 Å². The fourth-order valence-corrected chi connectivity index (χ4v) is 5.45. The number of benzene rings is 3. The van der Waals surface area contributed by atoms with E-state index in [0.29, 0.717) is 15.3 Å². The molecule has 0 N–H and O–H groups in total. The van der Waals surface area contributed by atoms with Crippen molar-refractivity contribution < 1.29 is 9.53 Å². The second kappa shape index (κ2) is 8.42. The SMILES string of the molecule is COc1ccc2cc(C(C)c3nc4s/c(=C\c5cn(C(C)=O)c6ccccc56)c(=O)n4n3)ccc2c1. The van der Waals surface area contributed by atoms with Crippen LogP contribution in [-0.2, 0) is 0 Å². The molecule has 1 atom stereocenters. The van der Waals surface area contributed by atoms with Crippen LogP contribution in [0.1, 0.15) is 41.5 Å². The molecule has 6 rings (SSSR count). The van der Waals surface area contributed by atoms with Crippen molar-refractivity contribution in [1.29, 1.82) is 0 Å². The van der Waals surface area contributed by atoms with Gasteiger partial charge in [0.2, 0.25) is 10.9 Å². The Labute approximate surface area is 209 Å². The summed E-state index contributed by atoms with van der Waals surface area (Å²) in [7, 11) is 1.66. The molecule has 0 saturated carbocycles. The summed E-state index contributed by atoms with van der Waals surface area (Å²) < 4.78 is 8.81. The molecule has 0 amide bonds. The standard InChI is InChI=1S/C28H22N4O3S/c1-16(18-8-9-20-13-22(35-3)11-10-19(20)12-18)26-29-28-32(30-26)27(34)25(36-28)14-21-15-31(17(2)33)24-7-5-4-6-23(21)24/h4-16H,1-3H3/b25-14-. The molecule has 0 spiro atoms. The molecular formula is C28H22N4O3S. The number of carbonyl (C=O) groups is 1. The van der Waals surface area contributed by atoms with E-state index in [0.717, 1.165) is 38.6 Å². The smallest absolute Gasteiger partial charge is 0.291 e. The van der Waals surface area contributed by atoms with Crippen LogP contribution in [0.2, 0.25) is 0 Å². The second-order valence-corrected chi connectivity index (χ2v) is 9.77. The van der Waals surface area contributed by atoms with Crippen molar-refractivity contribution in [1.82, 2.24) is 19.2 Å². The van der Waals surface area contributed by atoms with Gasteiger partial charge in [0.15, 0.2) is 5.82 Å². The number of thiazole rings is 1. The molecule has 0 aliphatic heterocycles. The quantitative estimate of drug-likeness (QED) is 0.357. The zero-order chi connectivity index (χ0) is 25.0. The van der Waals surface area contributed by atoms with Crippen LogP contribution in [0.3, 0.4) is 0 Å². The lowest BCUT2D eigenvalue weighted by molar-refractivity contribution is 0.0941. The minimum atomic E-state index is -0.216. The van der Waals surface area contributed by atoms with Gasteiger partial charge in [0.1, 0.15) is 5.75 Å². The Morgan fingerprint density at radius 2 is 1.86 bits per heavy atom. The van der Waals surface area contributed by atoms with Crippen molar-refractivity contribution in [2.75, 3.05) is 7.11 Å². The van der Waals surface area contributed by atoms with E-state index in [1.807, 2.05) is 55.5 Å². The molecule has 7 nitrogen and oxygen atoms in total. The average Bonchev–Trinajstić information content (AvgIpc) is 3.56. The summed E-state index contributed by atoms with van der Waals surface area (Å²) in [5.41, 5.74) is 2.48. The molecule has 8 heteroatoms. The summed E-state index contributed by atoms with van der Waals surface area (Å²) in [5.74, 6) is 1.26. The number of rotatable bonds is 4. The molecule has 0 aliphatic rings. The Morgan fingerprint density at radius 3 is 2.64 bits per heavy atom. The van der Waals surface area contributed by atoms with Crippen molar-refractivity contribution in [3.8, 4) is 5.75 Å². The van der Waals surface area contributed by atoms with Crippen LogP contribution in [0.4, 0.5) is 0 Å². The molecule has 1 unspecified atom stereocenters. The molecule has 3 aromatic heterocycles. The van der Waals surface area contributed by atoms with Crippen molar-refractivity contribution in [3.63, 3.8) is 0 Å². The summed E-state index contributed by atoms with van der Waals surface area (Å²) in [6.07, 6.45) is 3.58. The van der Waals surface area contributed by atoms with E-state index >= 15 is 0 Å². The lowest BCUT2D eigenvalue weighted by Gasteiger charge is -2.10. The van der Waals surface area contributed by atoms with Gasteiger partial charge in [-0.25, -0.2) is 4.98 Å². The molecule has 0 bridgehead atoms. The highest BCUT2D eigenvalue weighted by atomic mass is 32.1. The third-order valence-corrected chi connectivity index (χ3v) is 7.48. The molecule has 36 heavy (non-hydrogen) atoms. The molecular weight excluding hydrogens is 472 g/mol. The van der Waals surface area contributed by atoms with Crippen LogP contribution in [0, 0.1) is 0 Å². The number of aromatic nitrogens is 4. The van der Waals surface area contributed by atoms with Crippen LogP contribution >= 0.6 is 11.3 Å². The Hall–Kier alpha value is -4.30. The predicted octanol–water partition coefficient (Wildman–Crippen LogP) is 4.63. The van der Waals surface area contributed by atoms with Gasteiger partial charge in [-0.15, -0.1) is 5.10 Å². The van der Waals surface area contributed by atoms with Gasteiger partial charge in [-0.3, -0.25) is 14.2 Å². The number of hydrogen-bond acceptors (Lipinski definition) is 6. The minimum absolute atomic E-state index is 0.0797. The first-order valence-electron chi connectivity index (χ1n) is 11.5. The van der Waals surface area contributed by atoms with Crippen LogP contribution in [0.15, 0.2) is 71.7 Å². The van der Waals surface area contributed by atoms with Crippen LogP contribution < -0.4 is 14.8 Å². The van der Waals surface area contributed by atoms with E-state index in [1.54, 1.807) is 17.9 Å². The molecule has 6 aromatic rings. The van der Waals surface area contributed by atoms with Gasteiger partial charge in [-0.1, -0.05) is 60.7 Å². The number of ether oxygens (including phenoxy) is 1.